The third-order valence-electron chi connectivity index (χ3n) is 4.34. The Morgan fingerprint density at radius 1 is 1.26 bits per heavy atom. The average Bonchev–Trinajstić information content (AvgIpc) is 2.65. The van der Waals surface area contributed by atoms with E-state index in [-0.39, 0.29) is 12.3 Å². The molecule has 1 rings (SSSR count). The van der Waals surface area contributed by atoms with Gasteiger partial charge in [-0.25, -0.2) is 4.99 Å². The van der Waals surface area contributed by atoms with Crippen molar-refractivity contribution in [1.29, 1.82) is 0 Å². The molecule has 0 aromatic heterocycles. The van der Waals surface area contributed by atoms with E-state index in [1.807, 2.05) is 6.92 Å². The summed E-state index contributed by atoms with van der Waals surface area (Å²) in [5, 5.41) is 6.43. The van der Waals surface area contributed by atoms with Crippen LogP contribution in [0.25, 0.3) is 0 Å². The number of methoxy groups -OCH3 is 1. The topological polar surface area (TPSA) is 58.1 Å². The highest BCUT2D eigenvalue weighted by molar-refractivity contribution is 5.79. The summed E-state index contributed by atoms with van der Waals surface area (Å²) in [6, 6.07) is 5.22. The number of nitrogens with zero attached hydrogens (tertiary/aromatic N) is 2. The summed E-state index contributed by atoms with van der Waals surface area (Å²) in [6.07, 6.45) is 1.09. The van der Waals surface area contributed by atoms with Crippen LogP contribution in [0.1, 0.15) is 32.8 Å². The molecule has 1 aromatic rings. The molecule has 0 spiro atoms. The van der Waals surface area contributed by atoms with Gasteiger partial charge < -0.3 is 25.0 Å². The van der Waals surface area contributed by atoms with E-state index in [2.05, 4.69) is 46.2 Å². The molecule has 1 unspecified atom stereocenters. The van der Waals surface area contributed by atoms with E-state index < -0.39 is 6.61 Å². The van der Waals surface area contributed by atoms with Gasteiger partial charge in [-0.15, -0.1) is 0 Å². The number of hydrogen-bond acceptors (Lipinski definition) is 4. The zero-order chi connectivity index (χ0) is 20.2. The number of alkyl halides is 2. The molecule has 1 atom stereocenters. The summed E-state index contributed by atoms with van der Waals surface area (Å²) in [4.78, 5) is 6.76. The standard InChI is InChI=1S/C19H32F2N4O2/c1-6-14(3)25(4)11-10-23-19(22-7-2)24-13-15-12-16(26-5)8-9-17(15)27-18(20)21/h8-9,12,14,18H,6-7,10-11,13H2,1-5H3,(H2,22,23,24). The number of halogens is 2. The number of ether oxygens (including phenoxy) is 2. The fourth-order valence-electron chi connectivity index (χ4n) is 2.41. The molecule has 0 radical (unpaired) electrons. The predicted octanol–water partition coefficient (Wildman–Crippen LogP) is 3.08. The smallest absolute Gasteiger partial charge is 0.387 e. The molecule has 0 aliphatic rings. The molecule has 0 saturated heterocycles. The maximum atomic E-state index is 12.6. The minimum Gasteiger partial charge on any atom is -0.497 e. The van der Waals surface area contributed by atoms with E-state index in [1.165, 1.54) is 13.2 Å². The van der Waals surface area contributed by atoms with E-state index in [4.69, 9.17) is 4.74 Å². The maximum absolute atomic E-state index is 12.6. The minimum atomic E-state index is -2.89. The van der Waals surface area contributed by atoms with Gasteiger partial charge in [-0.3, -0.25) is 0 Å². The Labute approximate surface area is 160 Å². The van der Waals surface area contributed by atoms with Crippen molar-refractivity contribution in [1.82, 2.24) is 15.5 Å². The van der Waals surface area contributed by atoms with Crippen LogP contribution >= 0.6 is 0 Å². The normalized spacial score (nSPS) is 13.0. The monoisotopic (exact) mass is 386 g/mol. The molecule has 0 saturated carbocycles. The van der Waals surface area contributed by atoms with Gasteiger partial charge in [-0.1, -0.05) is 6.92 Å². The van der Waals surface area contributed by atoms with Crippen molar-refractivity contribution in [2.75, 3.05) is 33.8 Å². The molecule has 0 heterocycles. The van der Waals surface area contributed by atoms with Crippen molar-refractivity contribution in [2.24, 2.45) is 4.99 Å². The van der Waals surface area contributed by atoms with Crippen LogP contribution in [0.4, 0.5) is 8.78 Å². The van der Waals surface area contributed by atoms with Gasteiger partial charge in [0.05, 0.1) is 13.7 Å². The Bertz CT molecular complexity index is 585. The van der Waals surface area contributed by atoms with Crippen molar-refractivity contribution in [3.63, 3.8) is 0 Å². The SMILES string of the molecule is CCNC(=NCc1cc(OC)ccc1OC(F)F)NCCN(C)C(C)CC. The summed E-state index contributed by atoms with van der Waals surface area (Å²) < 4.78 is 35.0. The van der Waals surface area contributed by atoms with E-state index >= 15 is 0 Å². The maximum Gasteiger partial charge on any atom is 0.387 e. The summed E-state index contributed by atoms with van der Waals surface area (Å²) >= 11 is 0. The number of likely N-dealkylation sites (N-methyl/N-ethyl adjacent to an activating group) is 1. The predicted molar refractivity (Wildman–Crippen MR) is 105 cm³/mol. The van der Waals surface area contributed by atoms with Crippen LogP contribution in [-0.2, 0) is 6.54 Å². The van der Waals surface area contributed by atoms with Crippen LogP contribution in [0.5, 0.6) is 11.5 Å². The number of nitrogens with one attached hydrogen (secondary N) is 2. The Morgan fingerprint density at radius 3 is 2.59 bits per heavy atom. The molecule has 154 valence electrons. The van der Waals surface area contributed by atoms with Gasteiger partial charge in [0, 0.05) is 31.2 Å². The Hall–Kier alpha value is -2.09. The number of aliphatic imine (C=N–C) groups is 1. The quantitative estimate of drug-likeness (QED) is 0.452. The highest BCUT2D eigenvalue weighted by Crippen LogP contribution is 2.26. The fraction of sp³-hybridized carbons (Fsp3) is 0.632. The molecule has 27 heavy (non-hydrogen) atoms. The van der Waals surface area contributed by atoms with Gasteiger partial charge in [0.2, 0.25) is 0 Å². The van der Waals surface area contributed by atoms with Crippen LogP contribution in [0.15, 0.2) is 23.2 Å². The first-order valence-corrected chi connectivity index (χ1v) is 9.25. The van der Waals surface area contributed by atoms with E-state index in [9.17, 15) is 8.78 Å². The second kappa shape index (κ2) is 12.3. The summed E-state index contributed by atoms with van der Waals surface area (Å²) in [5.41, 5.74) is 0.531. The fourth-order valence-corrected chi connectivity index (χ4v) is 2.41. The highest BCUT2D eigenvalue weighted by Gasteiger charge is 2.11. The molecule has 0 aliphatic carbocycles. The second-order valence-electron chi connectivity index (χ2n) is 6.21. The van der Waals surface area contributed by atoms with Gasteiger partial charge in [-0.2, -0.15) is 8.78 Å². The third-order valence-corrected chi connectivity index (χ3v) is 4.34. The number of hydrogen-bond donors (Lipinski definition) is 2. The molecule has 1 aromatic carbocycles. The lowest BCUT2D eigenvalue weighted by molar-refractivity contribution is -0.0504. The third kappa shape index (κ3) is 8.43. The summed E-state index contributed by atoms with van der Waals surface area (Å²) in [6.45, 7) is 5.92. The lowest BCUT2D eigenvalue weighted by Gasteiger charge is -2.24. The molecule has 8 heteroatoms. The van der Waals surface area contributed by atoms with Crippen LogP contribution in [-0.4, -0.2) is 57.3 Å². The van der Waals surface area contributed by atoms with Crippen molar-refractivity contribution < 1.29 is 18.3 Å². The van der Waals surface area contributed by atoms with Crippen molar-refractivity contribution in [3.05, 3.63) is 23.8 Å². The first kappa shape index (κ1) is 23.0. The first-order valence-electron chi connectivity index (χ1n) is 9.25. The Kier molecular flexibility index (Phi) is 10.5. The lowest BCUT2D eigenvalue weighted by atomic mass is 10.2. The van der Waals surface area contributed by atoms with Gasteiger partial charge in [0.25, 0.3) is 0 Å². The molecular weight excluding hydrogens is 354 g/mol. The molecule has 0 fully saturated rings. The van der Waals surface area contributed by atoms with Gasteiger partial charge >= 0.3 is 6.61 Å². The minimum absolute atomic E-state index is 0.0990. The van der Waals surface area contributed by atoms with E-state index in [0.717, 1.165) is 19.5 Å². The van der Waals surface area contributed by atoms with Crippen molar-refractivity contribution in [2.45, 2.75) is 46.4 Å². The Balaban J connectivity index is 2.78. The molecule has 6 nitrogen and oxygen atoms in total. The largest absolute Gasteiger partial charge is 0.497 e. The van der Waals surface area contributed by atoms with Crippen molar-refractivity contribution in [3.8, 4) is 11.5 Å². The number of guanidine groups is 1. The summed E-state index contributed by atoms with van der Waals surface area (Å²) in [5.74, 6) is 1.29. The van der Waals surface area contributed by atoms with Crippen LogP contribution in [0.2, 0.25) is 0 Å². The molecule has 0 amide bonds. The molecule has 0 bridgehead atoms. The zero-order valence-electron chi connectivity index (χ0n) is 16.9. The van der Waals surface area contributed by atoms with E-state index in [0.29, 0.717) is 29.9 Å². The second-order valence-corrected chi connectivity index (χ2v) is 6.21. The highest BCUT2D eigenvalue weighted by atomic mass is 19.3. The average molecular weight is 386 g/mol. The van der Waals surface area contributed by atoms with E-state index in [1.54, 1.807) is 12.1 Å². The van der Waals surface area contributed by atoms with Crippen LogP contribution in [0.3, 0.4) is 0 Å². The first-order chi connectivity index (χ1) is 12.9. The van der Waals surface area contributed by atoms with Gasteiger partial charge in [0.1, 0.15) is 11.5 Å². The summed E-state index contributed by atoms with van der Waals surface area (Å²) in [7, 11) is 3.61. The van der Waals surface area contributed by atoms with Crippen LogP contribution in [0, 0.1) is 0 Å². The van der Waals surface area contributed by atoms with Crippen LogP contribution < -0.4 is 20.1 Å². The lowest BCUT2D eigenvalue weighted by Crippen LogP contribution is -2.42. The zero-order valence-corrected chi connectivity index (χ0v) is 16.9. The number of rotatable bonds is 11. The molecular formula is C19H32F2N4O2. The number of benzene rings is 1. The van der Waals surface area contributed by atoms with Gasteiger partial charge in [0.15, 0.2) is 5.96 Å². The Morgan fingerprint density at radius 2 is 2.00 bits per heavy atom. The molecule has 0 aliphatic heterocycles. The molecule has 2 N–H and O–H groups in total. The van der Waals surface area contributed by atoms with Crippen molar-refractivity contribution >= 4 is 5.96 Å². The van der Waals surface area contributed by atoms with Gasteiger partial charge in [-0.05, 0) is 45.5 Å².